The Balaban J connectivity index is 1.80. The second-order valence-electron chi connectivity index (χ2n) is 4.69. The number of hydrogen-bond acceptors (Lipinski definition) is 2. The van der Waals surface area contributed by atoms with Gasteiger partial charge in [0, 0.05) is 20.1 Å². The van der Waals surface area contributed by atoms with E-state index in [2.05, 4.69) is 17.4 Å². The van der Waals surface area contributed by atoms with Crippen molar-refractivity contribution in [1.29, 1.82) is 0 Å². The zero-order chi connectivity index (χ0) is 12.1. The topological polar surface area (TPSA) is 32.3 Å². The molecule has 0 spiro atoms. The number of carbonyl (C=O) groups excluding carboxylic acids is 1. The molecule has 92 valence electrons. The van der Waals surface area contributed by atoms with Crippen molar-refractivity contribution in [3.63, 3.8) is 0 Å². The normalized spacial score (nSPS) is 19.2. The highest BCUT2D eigenvalue weighted by atomic mass is 16.2. The van der Waals surface area contributed by atoms with Crippen molar-refractivity contribution in [2.45, 2.75) is 12.8 Å². The number of nitrogens with zero attached hydrogens (tertiary/aromatic N) is 1. The number of likely N-dealkylation sites (N-methyl/N-ethyl adjacent to an activating group) is 1. The molecule has 1 atom stereocenters. The van der Waals surface area contributed by atoms with Crippen molar-refractivity contribution >= 4 is 5.91 Å². The quantitative estimate of drug-likeness (QED) is 0.848. The van der Waals surface area contributed by atoms with Crippen molar-refractivity contribution in [2.24, 2.45) is 5.92 Å². The van der Waals surface area contributed by atoms with Gasteiger partial charge in [-0.05, 0) is 24.9 Å². The summed E-state index contributed by atoms with van der Waals surface area (Å²) in [6, 6.07) is 10.3. The van der Waals surface area contributed by atoms with Gasteiger partial charge in [0.25, 0.3) is 0 Å². The highest BCUT2D eigenvalue weighted by Crippen LogP contribution is 2.11. The van der Waals surface area contributed by atoms with Crippen molar-refractivity contribution in [3.8, 4) is 0 Å². The van der Waals surface area contributed by atoms with Gasteiger partial charge in [-0.15, -0.1) is 0 Å². The van der Waals surface area contributed by atoms with E-state index < -0.39 is 0 Å². The van der Waals surface area contributed by atoms with E-state index in [0.717, 1.165) is 32.5 Å². The van der Waals surface area contributed by atoms with Crippen molar-refractivity contribution in [1.82, 2.24) is 10.2 Å². The zero-order valence-electron chi connectivity index (χ0n) is 10.4. The summed E-state index contributed by atoms with van der Waals surface area (Å²) in [6.45, 7) is 2.62. The maximum absolute atomic E-state index is 12.1. The first-order chi connectivity index (χ1) is 8.27. The lowest BCUT2D eigenvalue weighted by Gasteiger charge is -2.20. The van der Waals surface area contributed by atoms with Crippen LogP contribution in [0.2, 0.25) is 0 Å². The molecular weight excluding hydrogens is 212 g/mol. The molecule has 0 saturated carbocycles. The molecule has 3 nitrogen and oxygen atoms in total. The minimum Gasteiger partial charge on any atom is -0.345 e. The third-order valence-electron chi connectivity index (χ3n) is 3.36. The van der Waals surface area contributed by atoms with E-state index in [1.165, 1.54) is 5.56 Å². The fourth-order valence-electron chi connectivity index (χ4n) is 2.23. The van der Waals surface area contributed by atoms with E-state index in [1.807, 2.05) is 30.1 Å². The largest absolute Gasteiger partial charge is 0.345 e. The minimum atomic E-state index is 0.191. The summed E-state index contributed by atoms with van der Waals surface area (Å²) in [6.07, 6.45) is 1.91. The smallest absolute Gasteiger partial charge is 0.226 e. The first kappa shape index (κ1) is 12.1. The maximum Gasteiger partial charge on any atom is 0.226 e. The van der Waals surface area contributed by atoms with E-state index in [-0.39, 0.29) is 11.8 Å². The number of rotatable bonds is 4. The Labute approximate surface area is 103 Å². The predicted octanol–water partition coefficient (Wildman–Crippen LogP) is 1.30. The Kier molecular flexibility index (Phi) is 4.15. The Morgan fingerprint density at radius 1 is 1.41 bits per heavy atom. The molecule has 17 heavy (non-hydrogen) atoms. The summed E-state index contributed by atoms with van der Waals surface area (Å²) in [5, 5.41) is 3.23. The van der Waals surface area contributed by atoms with Gasteiger partial charge in [0.05, 0.1) is 5.92 Å². The molecule has 2 rings (SSSR count). The van der Waals surface area contributed by atoms with Gasteiger partial charge in [-0.3, -0.25) is 4.79 Å². The number of amides is 1. The Hall–Kier alpha value is -1.35. The molecule has 1 amide bonds. The zero-order valence-corrected chi connectivity index (χ0v) is 10.4. The molecule has 3 heteroatoms. The van der Waals surface area contributed by atoms with Crippen LogP contribution in [0, 0.1) is 5.92 Å². The van der Waals surface area contributed by atoms with E-state index in [0.29, 0.717) is 0 Å². The highest BCUT2D eigenvalue weighted by Gasteiger charge is 2.24. The molecule has 1 aliphatic rings. The van der Waals surface area contributed by atoms with Crippen LogP contribution < -0.4 is 5.32 Å². The third kappa shape index (κ3) is 3.30. The Morgan fingerprint density at radius 3 is 2.82 bits per heavy atom. The van der Waals surface area contributed by atoms with Crippen LogP contribution in [0.4, 0.5) is 0 Å². The Bertz CT molecular complexity index is 358. The molecule has 0 aliphatic carbocycles. The molecular formula is C14H20N2O. The second kappa shape index (κ2) is 5.82. The first-order valence-corrected chi connectivity index (χ1v) is 6.27. The minimum absolute atomic E-state index is 0.191. The van der Waals surface area contributed by atoms with Crippen molar-refractivity contribution in [3.05, 3.63) is 35.9 Å². The van der Waals surface area contributed by atoms with Gasteiger partial charge in [-0.25, -0.2) is 0 Å². The van der Waals surface area contributed by atoms with Gasteiger partial charge in [-0.1, -0.05) is 30.3 Å². The van der Waals surface area contributed by atoms with Crippen molar-refractivity contribution < 1.29 is 4.79 Å². The molecule has 1 N–H and O–H groups in total. The fraction of sp³-hybridized carbons (Fsp3) is 0.500. The Morgan fingerprint density at radius 2 is 2.18 bits per heavy atom. The van der Waals surface area contributed by atoms with E-state index >= 15 is 0 Å². The number of benzene rings is 1. The third-order valence-corrected chi connectivity index (χ3v) is 3.36. The van der Waals surface area contributed by atoms with Crippen LogP contribution in [-0.4, -0.2) is 37.5 Å². The SMILES string of the molecule is CN(CCc1ccccc1)C(=O)C1CCNC1. The average molecular weight is 232 g/mol. The van der Waals surface area contributed by atoms with Crippen LogP contribution in [0.3, 0.4) is 0 Å². The number of nitrogens with one attached hydrogen (secondary N) is 1. The average Bonchev–Trinajstić information content (AvgIpc) is 2.90. The van der Waals surface area contributed by atoms with Gasteiger partial charge in [0.2, 0.25) is 5.91 Å². The second-order valence-corrected chi connectivity index (χ2v) is 4.69. The molecule has 1 saturated heterocycles. The molecule has 1 unspecified atom stereocenters. The lowest BCUT2D eigenvalue weighted by Crippen LogP contribution is -2.35. The maximum atomic E-state index is 12.1. The molecule has 0 radical (unpaired) electrons. The standard InChI is InChI=1S/C14H20N2O/c1-16(14(17)13-7-9-15-11-13)10-8-12-5-3-2-4-6-12/h2-6,13,15H,7-11H2,1H3. The highest BCUT2D eigenvalue weighted by molar-refractivity contribution is 5.79. The van der Waals surface area contributed by atoms with Crippen LogP contribution >= 0.6 is 0 Å². The lowest BCUT2D eigenvalue weighted by atomic mass is 10.1. The van der Waals surface area contributed by atoms with Crippen LogP contribution in [-0.2, 0) is 11.2 Å². The van der Waals surface area contributed by atoms with Gasteiger partial charge < -0.3 is 10.2 Å². The summed E-state index contributed by atoms with van der Waals surface area (Å²) >= 11 is 0. The predicted molar refractivity (Wildman–Crippen MR) is 68.8 cm³/mol. The van der Waals surface area contributed by atoms with Crippen LogP contribution in [0.15, 0.2) is 30.3 Å². The lowest BCUT2D eigenvalue weighted by molar-refractivity contribution is -0.133. The van der Waals surface area contributed by atoms with Gasteiger partial charge in [0.15, 0.2) is 0 Å². The number of carbonyl (C=O) groups is 1. The fourth-order valence-corrected chi connectivity index (χ4v) is 2.23. The molecule has 1 fully saturated rings. The van der Waals surface area contributed by atoms with Crippen LogP contribution in [0.1, 0.15) is 12.0 Å². The summed E-state index contributed by atoms with van der Waals surface area (Å²) in [7, 11) is 1.91. The van der Waals surface area contributed by atoms with Crippen LogP contribution in [0.5, 0.6) is 0 Å². The van der Waals surface area contributed by atoms with Gasteiger partial charge in [0.1, 0.15) is 0 Å². The molecule has 1 aromatic carbocycles. The molecule has 0 bridgehead atoms. The number of hydrogen-bond donors (Lipinski definition) is 1. The first-order valence-electron chi connectivity index (χ1n) is 6.27. The van der Waals surface area contributed by atoms with Gasteiger partial charge >= 0.3 is 0 Å². The van der Waals surface area contributed by atoms with Crippen molar-refractivity contribution in [2.75, 3.05) is 26.7 Å². The molecule has 1 aromatic rings. The summed E-state index contributed by atoms with van der Waals surface area (Å²) < 4.78 is 0. The molecule has 1 aliphatic heterocycles. The van der Waals surface area contributed by atoms with E-state index in [4.69, 9.17) is 0 Å². The van der Waals surface area contributed by atoms with E-state index in [9.17, 15) is 4.79 Å². The monoisotopic (exact) mass is 232 g/mol. The summed E-state index contributed by atoms with van der Waals surface area (Å²) in [4.78, 5) is 13.9. The van der Waals surface area contributed by atoms with E-state index in [1.54, 1.807) is 0 Å². The molecule has 1 heterocycles. The van der Waals surface area contributed by atoms with Crippen LogP contribution in [0.25, 0.3) is 0 Å². The van der Waals surface area contributed by atoms with Gasteiger partial charge in [-0.2, -0.15) is 0 Å². The summed E-state index contributed by atoms with van der Waals surface area (Å²) in [5.74, 6) is 0.474. The summed E-state index contributed by atoms with van der Waals surface area (Å²) in [5.41, 5.74) is 1.29. The molecule has 0 aromatic heterocycles.